The Hall–Kier alpha value is -0.640. The lowest BCUT2D eigenvalue weighted by atomic mass is 9.81. The van der Waals surface area contributed by atoms with Gasteiger partial charge in [-0.05, 0) is 18.6 Å². The molecule has 0 aliphatic carbocycles. The van der Waals surface area contributed by atoms with Gasteiger partial charge in [0, 0.05) is 23.6 Å². The number of rotatable bonds is 3. The second-order valence-corrected chi connectivity index (χ2v) is 5.09. The van der Waals surface area contributed by atoms with E-state index in [-0.39, 0.29) is 12.2 Å². The van der Waals surface area contributed by atoms with E-state index < -0.39 is 17.3 Å². The van der Waals surface area contributed by atoms with Crippen molar-refractivity contribution in [3.8, 4) is 0 Å². The van der Waals surface area contributed by atoms with Crippen LogP contribution in [0.2, 0.25) is 5.02 Å². The Kier molecular flexibility index (Phi) is 3.94. The molecular weight excluding hydrogens is 229 g/mol. The Labute approximate surface area is 100 Å². The molecule has 1 aromatic carbocycles. The van der Waals surface area contributed by atoms with E-state index in [4.69, 9.17) is 17.3 Å². The maximum absolute atomic E-state index is 13.7. The zero-order valence-corrected chi connectivity index (χ0v) is 10.5. The Morgan fingerprint density at radius 2 is 2.06 bits per heavy atom. The lowest BCUT2D eigenvalue weighted by Crippen LogP contribution is -2.33. The van der Waals surface area contributed by atoms with Gasteiger partial charge in [-0.3, -0.25) is 0 Å². The van der Waals surface area contributed by atoms with Crippen LogP contribution in [0.4, 0.5) is 4.39 Å². The lowest BCUT2D eigenvalue weighted by Gasteiger charge is -2.30. The van der Waals surface area contributed by atoms with E-state index in [1.54, 1.807) is 26.8 Å². The summed E-state index contributed by atoms with van der Waals surface area (Å²) >= 11 is 6.05. The molecule has 0 saturated heterocycles. The molecule has 0 aliphatic heterocycles. The second-order valence-electron chi connectivity index (χ2n) is 4.72. The van der Waals surface area contributed by atoms with E-state index in [0.29, 0.717) is 5.02 Å². The zero-order valence-electron chi connectivity index (χ0n) is 9.72. The van der Waals surface area contributed by atoms with Gasteiger partial charge in [-0.1, -0.05) is 31.5 Å². The van der Waals surface area contributed by atoms with E-state index in [1.165, 1.54) is 6.07 Å². The summed E-state index contributed by atoms with van der Waals surface area (Å²) in [6, 6.07) is 2.33. The van der Waals surface area contributed by atoms with Gasteiger partial charge in [-0.15, -0.1) is 0 Å². The van der Waals surface area contributed by atoms with E-state index in [9.17, 15) is 9.50 Å². The summed E-state index contributed by atoms with van der Waals surface area (Å²) in [6.45, 7) is 5.22. The quantitative estimate of drug-likeness (QED) is 0.860. The lowest BCUT2D eigenvalue weighted by molar-refractivity contribution is 0.131. The first-order valence-corrected chi connectivity index (χ1v) is 5.50. The Bertz CT molecular complexity index is 393. The van der Waals surface area contributed by atoms with E-state index in [2.05, 4.69) is 0 Å². The summed E-state index contributed by atoms with van der Waals surface area (Å²) in [5.41, 5.74) is 6.41. The van der Waals surface area contributed by atoms with Crippen LogP contribution in [0, 0.1) is 18.2 Å². The summed E-state index contributed by atoms with van der Waals surface area (Å²) < 4.78 is 13.7. The van der Waals surface area contributed by atoms with Crippen LogP contribution in [-0.2, 0) is 0 Å². The number of nitrogens with two attached hydrogens (primary N) is 1. The molecule has 3 N–H and O–H groups in total. The molecule has 1 atom stereocenters. The maximum atomic E-state index is 13.7. The van der Waals surface area contributed by atoms with Crippen molar-refractivity contribution in [2.45, 2.75) is 26.8 Å². The largest absolute Gasteiger partial charge is 0.396 e. The minimum Gasteiger partial charge on any atom is -0.396 e. The summed E-state index contributed by atoms with van der Waals surface area (Å²) in [5, 5.41) is 9.57. The summed E-state index contributed by atoms with van der Waals surface area (Å²) in [7, 11) is 0. The monoisotopic (exact) mass is 245 g/mol. The average Bonchev–Trinajstić information content (AvgIpc) is 2.24. The van der Waals surface area contributed by atoms with Crippen molar-refractivity contribution in [1.29, 1.82) is 0 Å². The van der Waals surface area contributed by atoms with E-state index in [0.717, 1.165) is 5.56 Å². The molecule has 0 radical (unpaired) electrons. The van der Waals surface area contributed by atoms with Crippen LogP contribution in [0.15, 0.2) is 12.1 Å². The van der Waals surface area contributed by atoms with E-state index in [1.807, 2.05) is 0 Å². The van der Waals surface area contributed by atoms with Gasteiger partial charge < -0.3 is 10.8 Å². The van der Waals surface area contributed by atoms with Crippen LogP contribution in [-0.4, -0.2) is 11.7 Å². The average molecular weight is 246 g/mol. The fourth-order valence-electron chi connectivity index (χ4n) is 1.45. The first kappa shape index (κ1) is 13.4. The van der Waals surface area contributed by atoms with Gasteiger partial charge in [-0.2, -0.15) is 0 Å². The van der Waals surface area contributed by atoms with Gasteiger partial charge in [0.15, 0.2) is 0 Å². The van der Waals surface area contributed by atoms with Crippen LogP contribution in [0.3, 0.4) is 0 Å². The molecule has 0 unspecified atom stereocenters. The molecule has 0 bridgehead atoms. The van der Waals surface area contributed by atoms with Crippen molar-refractivity contribution >= 4 is 11.6 Å². The smallest absolute Gasteiger partial charge is 0.129 e. The van der Waals surface area contributed by atoms with Gasteiger partial charge in [0.2, 0.25) is 0 Å². The maximum Gasteiger partial charge on any atom is 0.129 e. The number of aryl methyl sites for hydroxylation is 1. The molecule has 16 heavy (non-hydrogen) atoms. The molecule has 4 heteroatoms. The number of hydrogen-bond acceptors (Lipinski definition) is 2. The predicted molar refractivity (Wildman–Crippen MR) is 63.9 cm³/mol. The van der Waals surface area contributed by atoms with Crippen molar-refractivity contribution in [2.75, 3.05) is 6.61 Å². The van der Waals surface area contributed by atoms with Gasteiger partial charge >= 0.3 is 0 Å². The highest BCUT2D eigenvalue weighted by atomic mass is 35.5. The van der Waals surface area contributed by atoms with Crippen molar-refractivity contribution in [3.05, 3.63) is 34.1 Å². The standard InChI is InChI=1S/C12H17ClFNO/c1-7-4-5-8(14)9(10(7)13)11(15)12(2,3)6-16/h4-5,11,16H,6,15H2,1-3H3/t11-/m1/s1. The highest BCUT2D eigenvalue weighted by Crippen LogP contribution is 2.37. The zero-order chi connectivity index (χ0) is 12.5. The Morgan fingerprint density at radius 1 is 1.50 bits per heavy atom. The van der Waals surface area contributed by atoms with Crippen molar-refractivity contribution in [1.82, 2.24) is 0 Å². The topological polar surface area (TPSA) is 46.2 Å². The minimum atomic E-state index is -0.634. The van der Waals surface area contributed by atoms with Gasteiger partial charge in [-0.25, -0.2) is 4.39 Å². The number of benzene rings is 1. The predicted octanol–water partition coefficient (Wildman–Crippen LogP) is 2.81. The third kappa shape index (κ3) is 2.37. The fraction of sp³-hybridized carbons (Fsp3) is 0.500. The Morgan fingerprint density at radius 3 is 2.56 bits per heavy atom. The first-order chi connectivity index (χ1) is 7.31. The first-order valence-electron chi connectivity index (χ1n) is 5.12. The van der Waals surface area contributed by atoms with Crippen molar-refractivity contribution in [3.63, 3.8) is 0 Å². The van der Waals surface area contributed by atoms with Gasteiger partial charge in [0.25, 0.3) is 0 Å². The van der Waals surface area contributed by atoms with Crippen LogP contribution >= 0.6 is 11.6 Å². The summed E-state index contributed by atoms with van der Waals surface area (Å²) in [6.07, 6.45) is 0. The normalized spacial score (nSPS) is 13.9. The molecule has 0 aliphatic rings. The summed E-state index contributed by atoms with van der Waals surface area (Å²) in [5.74, 6) is -0.426. The van der Waals surface area contributed by atoms with Crippen molar-refractivity contribution < 1.29 is 9.50 Å². The molecule has 0 fully saturated rings. The summed E-state index contributed by atoms with van der Waals surface area (Å²) in [4.78, 5) is 0. The second kappa shape index (κ2) is 4.70. The van der Waals surface area contributed by atoms with Crippen LogP contribution in [0.5, 0.6) is 0 Å². The van der Waals surface area contributed by atoms with Crippen LogP contribution in [0.25, 0.3) is 0 Å². The molecule has 0 amide bonds. The molecule has 0 aromatic heterocycles. The number of hydrogen-bond donors (Lipinski definition) is 2. The molecule has 2 nitrogen and oxygen atoms in total. The molecule has 0 spiro atoms. The van der Waals surface area contributed by atoms with Crippen LogP contribution in [0.1, 0.15) is 31.0 Å². The Balaban J connectivity index is 3.28. The van der Waals surface area contributed by atoms with Gasteiger partial charge in [0.05, 0.1) is 5.02 Å². The third-order valence-corrected chi connectivity index (χ3v) is 3.38. The molecular formula is C12H17ClFNO. The van der Waals surface area contributed by atoms with Crippen LogP contribution < -0.4 is 5.73 Å². The molecule has 1 rings (SSSR count). The molecule has 0 saturated carbocycles. The van der Waals surface area contributed by atoms with E-state index >= 15 is 0 Å². The molecule has 90 valence electrons. The SMILES string of the molecule is Cc1ccc(F)c([C@@H](N)C(C)(C)CO)c1Cl. The van der Waals surface area contributed by atoms with Crippen molar-refractivity contribution in [2.24, 2.45) is 11.1 Å². The fourth-order valence-corrected chi connectivity index (χ4v) is 1.72. The van der Waals surface area contributed by atoms with Gasteiger partial charge in [0.1, 0.15) is 5.82 Å². The highest BCUT2D eigenvalue weighted by molar-refractivity contribution is 6.32. The number of halogens is 2. The minimum absolute atomic E-state index is 0.127. The molecule has 0 heterocycles. The highest BCUT2D eigenvalue weighted by Gasteiger charge is 2.31. The molecule has 1 aromatic rings. The number of aliphatic hydroxyl groups excluding tert-OH is 1. The number of aliphatic hydroxyl groups is 1. The third-order valence-electron chi connectivity index (χ3n) is 2.88.